The maximum atomic E-state index is 13.2. The number of nitrogens with zero attached hydrogens (tertiary/aromatic N) is 2. The molecule has 1 aliphatic heterocycles. The second kappa shape index (κ2) is 7.64. The standard InChI is InChI=1S/C18H19ClFN3O/c19-15-6-4-14(5-7-15)13-22-8-10-23(11-9-22)18(24)21-17-3-1-2-16(20)12-17/h1-7,12H,8-11,13H2,(H,21,24). The Labute approximate surface area is 145 Å². The van der Waals surface area contributed by atoms with Crippen LogP contribution in [0.2, 0.25) is 5.02 Å². The van der Waals surface area contributed by atoms with Crippen LogP contribution in [0.15, 0.2) is 48.5 Å². The minimum Gasteiger partial charge on any atom is -0.322 e. The number of anilines is 1. The zero-order valence-electron chi connectivity index (χ0n) is 13.2. The molecule has 0 bridgehead atoms. The van der Waals surface area contributed by atoms with Gasteiger partial charge in [-0.3, -0.25) is 4.90 Å². The van der Waals surface area contributed by atoms with Gasteiger partial charge in [-0.15, -0.1) is 0 Å². The molecule has 4 nitrogen and oxygen atoms in total. The number of rotatable bonds is 3. The molecule has 2 aromatic carbocycles. The highest BCUT2D eigenvalue weighted by atomic mass is 35.5. The first-order valence-corrected chi connectivity index (χ1v) is 8.26. The van der Waals surface area contributed by atoms with Crippen molar-refractivity contribution in [2.24, 2.45) is 0 Å². The summed E-state index contributed by atoms with van der Waals surface area (Å²) in [7, 11) is 0. The van der Waals surface area contributed by atoms with Gasteiger partial charge in [-0.05, 0) is 35.9 Å². The molecule has 24 heavy (non-hydrogen) atoms. The van der Waals surface area contributed by atoms with E-state index in [1.807, 2.05) is 24.3 Å². The smallest absolute Gasteiger partial charge is 0.321 e. The Morgan fingerprint density at radius 3 is 2.46 bits per heavy atom. The predicted molar refractivity (Wildman–Crippen MR) is 93.7 cm³/mol. The Kier molecular flexibility index (Phi) is 5.33. The fraction of sp³-hybridized carbons (Fsp3) is 0.278. The summed E-state index contributed by atoms with van der Waals surface area (Å²) in [5, 5.41) is 3.47. The first kappa shape index (κ1) is 16.7. The number of piperazine rings is 1. The molecule has 0 radical (unpaired) electrons. The minimum atomic E-state index is -0.361. The van der Waals surface area contributed by atoms with Crippen LogP contribution in [0.25, 0.3) is 0 Å². The van der Waals surface area contributed by atoms with Crippen molar-refractivity contribution in [3.63, 3.8) is 0 Å². The molecule has 2 amide bonds. The van der Waals surface area contributed by atoms with E-state index in [2.05, 4.69) is 10.2 Å². The summed E-state index contributed by atoms with van der Waals surface area (Å²) in [5.41, 5.74) is 1.68. The maximum absolute atomic E-state index is 13.2. The molecule has 1 heterocycles. The molecule has 1 saturated heterocycles. The second-order valence-corrected chi connectivity index (χ2v) is 6.27. The van der Waals surface area contributed by atoms with Gasteiger partial charge in [0, 0.05) is 43.4 Å². The fourth-order valence-corrected chi connectivity index (χ4v) is 2.85. The van der Waals surface area contributed by atoms with Crippen LogP contribution in [0.5, 0.6) is 0 Å². The monoisotopic (exact) mass is 347 g/mol. The van der Waals surface area contributed by atoms with Gasteiger partial charge in [0.1, 0.15) is 5.82 Å². The van der Waals surface area contributed by atoms with E-state index in [0.29, 0.717) is 18.8 Å². The Hall–Kier alpha value is -2.11. The molecule has 0 saturated carbocycles. The predicted octanol–water partition coefficient (Wildman–Crippen LogP) is 3.83. The van der Waals surface area contributed by atoms with Crippen LogP contribution < -0.4 is 5.32 Å². The highest BCUT2D eigenvalue weighted by Gasteiger charge is 2.21. The molecule has 1 fully saturated rings. The van der Waals surface area contributed by atoms with E-state index in [1.54, 1.807) is 17.0 Å². The third-order valence-corrected chi connectivity index (χ3v) is 4.31. The molecule has 0 aromatic heterocycles. The van der Waals surface area contributed by atoms with Gasteiger partial charge in [0.25, 0.3) is 0 Å². The summed E-state index contributed by atoms with van der Waals surface area (Å²) in [6.45, 7) is 3.75. The zero-order chi connectivity index (χ0) is 16.9. The summed E-state index contributed by atoms with van der Waals surface area (Å²) in [5.74, 6) is -0.361. The van der Waals surface area contributed by atoms with Crippen LogP contribution in [-0.2, 0) is 6.54 Å². The summed E-state index contributed by atoms with van der Waals surface area (Å²) in [6.07, 6.45) is 0. The second-order valence-electron chi connectivity index (χ2n) is 5.83. The summed E-state index contributed by atoms with van der Waals surface area (Å²) in [6, 6.07) is 13.6. The van der Waals surface area contributed by atoms with Crippen LogP contribution in [0.1, 0.15) is 5.56 Å². The lowest BCUT2D eigenvalue weighted by Gasteiger charge is -2.34. The van der Waals surface area contributed by atoms with Crippen LogP contribution in [0.4, 0.5) is 14.9 Å². The van der Waals surface area contributed by atoms with Gasteiger partial charge >= 0.3 is 6.03 Å². The molecule has 0 atom stereocenters. The van der Waals surface area contributed by atoms with E-state index in [4.69, 9.17) is 11.6 Å². The third kappa shape index (κ3) is 4.46. The number of carbonyl (C=O) groups excluding carboxylic acids is 1. The topological polar surface area (TPSA) is 35.6 Å². The van der Waals surface area contributed by atoms with Crippen LogP contribution >= 0.6 is 11.6 Å². The van der Waals surface area contributed by atoms with Gasteiger partial charge < -0.3 is 10.2 Å². The van der Waals surface area contributed by atoms with Gasteiger partial charge in [-0.1, -0.05) is 29.8 Å². The normalized spacial score (nSPS) is 15.3. The van der Waals surface area contributed by atoms with E-state index < -0.39 is 0 Å². The zero-order valence-corrected chi connectivity index (χ0v) is 14.0. The van der Waals surface area contributed by atoms with Crippen molar-refractivity contribution in [1.82, 2.24) is 9.80 Å². The molecule has 3 rings (SSSR count). The van der Waals surface area contributed by atoms with Crippen molar-refractivity contribution in [3.05, 3.63) is 64.9 Å². The lowest BCUT2D eigenvalue weighted by molar-refractivity contribution is 0.143. The Morgan fingerprint density at radius 2 is 1.79 bits per heavy atom. The Morgan fingerprint density at radius 1 is 1.08 bits per heavy atom. The number of urea groups is 1. The molecule has 1 aliphatic rings. The van der Waals surface area contributed by atoms with E-state index in [9.17, 15) is 9.18 Å². The molecule has 0 unspecified atom stereocenters. The van der Waals surface area contributed by atoms with E-state index in [0.717, 1.165) is 24.7 Å². The Balaban J connectivity index is 1.49. The lowest BCUT2D eigenvalue weighted by atomic mass is 10.2. The maximum Gasteiger partial charge on any atom is 0.321 e. The van der Waals surface area contributed by atoms with Crippen LogP contribution in [0, 0.1) is 5.82 Å². The van der Waals surface area contributed by atoms with Crippen molar-refractivity contribution in [3.8, 4) is 0 Å². The van der Waals surface area contributed by atoms with Gasteiger partial charge in [0.05, 0.1) is 0 Å². The highest BCUT2D eigenvalue weighted by molar-refractivity contribution is 6.30. The molecule has 0 aliphatic carbocycles. The molecular weight excluding hydrogens is 329 g/mol. The van der Waals surface area contributed by atoms with Crippen LogP contribution in [-0.4, -0.2) is 42.0 Å². The number of benzene rings is 2. The number of carbonyl (C=O) groups is 1. The molecule has 6 heteroatoms. The van der Waals surface area contributed by atoms with Crippen molar-refractivity contribution < 1.29 is 9.18 Å². The summed E-state index contributed by atoms with van der Waals surface area (Å²) < 4.78 is 13.2. The fourth-order valence-electron chi connectivity index (χ4n) is 2.73. The number of hydrogen-bond acceptors (Lipinski definition) is 2. The van der Waals surface area contributed by atoms with Gasteiger partial charge in [0.15, 0.2) is 0 Å². The van der Waals surface area contributed by atoms with Crippen molar-refractivity contribution in [2.45, 2.75) is 6.54 Å². The number of hydrogen-bond donors (Lipinski definition) is 1. The average Bonchev–Trinajstić information content (AvgIpc) is 2.57. The lowest BCUT2D eigenvalue weighted by Crippen LogP contribution is -2.49. The van der Waals surface area contributed by atoms with Crippen molar-refractivity contribution in [2.75, 3.05) is 31.5 Å². The number of halogens is 2. The van der Waals surface area contributed by atoms with Gasteiger partial charge in [-0.25, -0.2) is 9.18 Å². The van der Waals surface area contributed by atoms with Crippen LogP contribution in [0.3, 0.4) is 0 Å². The van der Waals surface area contributed by atoms with Gasteiger partial charge in [0.2, 0.25) is 0 Å². The molecule has 126 valence electrons. The molecule has 0 spiro atoms. The third-order valence-electron chi connectivity index (χ3n) is 4.05. The van der Waals surface area contributed by atoms with E-state index in [-0.39, 0.29) is 11.8 Å². The Bertz CT molecular complexity index is 700. The minimum absolute atomic E-state index is 0.188. The first-order valence-electron chi connectivity index (χ1n) is 7.88. The molecular formula is C18H19ClFN3O. The summed E-state index contributed by atoms with van der Waals surface area (Å²) >= 11 is 5.90. The SMILES string of the molecule is O=C(Nc1cccc(F)c1)N1CCN(Cc2ccc(Cl)cc2)CC1. The molecule has 1 N–H and O–H groups in total. The van der Waals surface area contributed by atoms with Crippen molar-refractivity contribution in [1.29, 1.82) is 0 Å². The van der Waals surface area contributed by atoms with Gasteiger partial charge in [-0.2, -0.15) is 0 Å². The average molecular weight is 348 g/mol. The van der Waals surface area contributed by atoms with E-state index >= 15 is 0 Å². The largest absolute Gasteiger partial charge is 0.322 e. The number of amides is 2. The number of nitrogens with one attached hydrogen (secondary N) is 1. The van der Waals surface area contributed by atoms with E-state index in [1.165, 1.54) is 17.7 Å². The van der Waals surface area contributed by atoms with Crippen molar-refractivity contribution >= 4 is 23.3 Å². The first-order chi connectivity index (χ1) is 11.6. The molecule has 2 aromatic rings. The summed E-state index contributed by atoms with van der Waals surface area (Å²) in [4.78, 5) is 16.3. The highest BCUT2D eigenvalue weighted by Crippen LogP contribution is 2.14. The quantitative estimate of drug-likeness (QED) is 0.916.